The molecule has 0 atom stereocenters. The highest BCUT2D eigenvalue weighted by atomic mass is 15.3. The van der Waals surface area contributed by atoms with Crippen molar-refractivity contribution in [2.45, 2.75) is 0 Å². The van der Waals surface area contributed by atoms with Crippen molar-refractivity contribution in [1.82, 2.24) is 20.3 Å². The average Bonchev–Trinajstić information content (AvgIpc) is 2.18. The van der Waals surface area contributed by atoms with Crippen molar-refractivity contribution in [3.63, 3.8) is 0 Å². The molecule has 0 bridgehead atoms. The summed E-state index contributed by atoms with van der Waals surface area (Å²) in [4.78, 5) is 13.8. The molecule has 14 heavy (non-hydrogen) atoms. The molecule has 7 nitrogen and oxygen atoms in total. The highest BCUT2D eigenvalue weighted by Crippen LogP contribution is 2.10. The number of nitrogens with zero attached hydrogens (tertiary/aromatic N) is 4. The molecule has 0 aliphatic carbocycles. The van der Waals surface area contributed by atoms with Gasteiger partial charge in [0.05, 0.1) is 0 Å². The Morgan fingerprint density at radius 2 is 1.57 bits per heavy atom. The predicted molar refractivity (Wildman–Crippen MR) is 53.7 cm³/mol. The SMILES string of the molecule is Nc1nc(N)nc(N2CCNCC2)n1. The maximum atomic E-state index is 5.48. The van der Waals surface area contributed by atoms with E-state index in [1.807, 2.05) is 4.90 Å². The molecule has 0 amide bonds. The minimum Gasteiger partial charge on any atom is -0.368 e. The van der Waals surface area contributed by atoms with Gasteiger partial charge in [-0.25, -0.2) is 0 Å². The van der Waals surface area contributed by atoms with E-state index >= 15 is 0 Å². The van der Waals surface area contributed by atoms with E-state index in [0.29, 0.717) is 5.95 Å². The number of nitrogens with one attached hydrogen (secondary N) is 1. The second kappa shape index (κ2) is 3.62. The number of nitrogens with two attached hydrogens (primary N) is 2. The Morgan fingerprint density at radius 3 is 2.14 bits per heavy atom. The van der Waals surface area contributed by atoms with Gasteiger partial charge in [-0.15, -0.1) is 0 Å². The summed E-state index contributed by atoms with van der Waals surface area (Å²) >= 11 is 0. The molecule has 2 rings (SSSR count). The lowest BCUT2D eigenvalue weighted by molar-refractivity contribution is 0.579. The Bertz CT molecular complexity index is 300. The first-order valence-corrected chi connectivity index (χ1v) is 4.48. The van der Waals surface area contributed by atoms with Crippen LogP contribution in [0.15, 0.2) is 0 Å². The Morgan fingerprint density at radius 1 is 1.00 bits per heavy atom. The lowest BCUT2D eigenvalue weighted by Gasteiger charge is -2.27. The Labute approximate surface area is 81.5 Å². The van der Waals surface area contributed by atoms with E-state index in [2.05, 4.69) is 20.3 Å². The third kappa shape index (κ3) is 1.82. The molecule has 0 unspecified atom stereocenters. The first-order valence-electron chi connectivity index (χ1n) is 4.48. The van der Waals surface area contributed by atoms with Gasteiger partial charge in [-0.2, -0.15) is 15.0 Å². The van der Waals surface area contributed by atoms with Crippen LogP contribution < -0.4 is 21.7 Å². The number of piperazine rings is 1. The van der Waals surface area contributed by atoms with E-state index in [4.69, 9.17) is 11.5 Å². The van der Waals surface area contributed by atoms with E-state index in [1.165, 1.54) is 0 Å². The number of rotatable bonds is 1. The molecule has 0 saturated carbocycles. The fourth-order valence-corrected chi connectivity index (χ4v) is 1.40. The maximum absolute atomic E-state index is 5.48. The number of hydrogen-bond acceptors (Lipinski definition) is 7. The summed E-state index contributed by atoms with van der Waals surface area (Å²) in [5.74, 6) is 0.911. The van der Waals surface area contributed by atoms with E-state index in [1.54, 1.807) is 0 Å². The van der Waals surface area contributed by atoms with Crippen LogP contribution in [0, 0.1) is 0 Å². The van der Waals surface area contributed by atoms with Gasteiger partial charge in [0.25, 0.3) is 0 Å². The number of nitrogen functional groups attached to an aromatic ring is 2. The summed E-state index contributed by atoms with van der Waals surface area (Å²) in [7, 11) is 0. The second-order valence-electron chi connectivity index (χ2n) is 3.09. The molecular weight excluding hydrogens is 182 g/mol. The second-order valence-corrected chi connectivity index (χ2v) is 3.09. The highest BCUT2D eigenvalue weighted by molar-refractivity contribution is 5.39. The minimum atomic E-state index is 0.172. The maximum Gasteiger partial charge on any atom is 0.232 e. The molecule has 1 aliphatic rings. The molecule has 7 heteroatoms. The lowest BCUT2D eigenvalue weighted by atomic mass is 10.4. The fourth-order valence-electron chi connectivity index (χ4n) is 1.40. The van der Waals surface area contributed by atoms with Crippen molar-refractivity contribution in [2.24, 2.45) is 0 Å². The van der Waals surface area contributed by atoms with Crippen molar-refractivity contribution in [3.8, 4) is 0 Å². The molecular formula is C7H13N7. The van der Waals surface area contributed by atoms with E-state index in [9.17, 15) is 0 Å². The quantitative estimate of drug-likeness (QED) is 0.498. The zero-order valence-corrected chi connectivity index (χ0v) is 7.77. The first-order chi connectivity index (χ1) is 6.75. The van der Waals surface area contributed by atoms with E-state index in [-0.39, 0.29) is 11.9 Å². The smallest absolute Gasteiger partial charge is 0.232 e. The van der Waals surface area contributed by atoms with Crippen LogP contribution >= 0.6 is 0 Å². The Kier molecular flexibility index (Phi) is 2.32. The number of hydrogen-bond donors (Lipinski definition) is 3. The molecule has 5 N–H and O–H groups in total. The van der Waals surface area contributed by atoms with Crippen LogP contribution in [-0.4, -0.2) is 41.1 Å². The average molecular weight is 195 g/mol. The molecule has 1 saturated heterocycles. The summed E-state index contributed by atoms with van der Waals surface area (Å²) in [6, 6.07) is 0. The van der Waals surface area contributed by atoms with Crippen molar-refractivity contribution in [1.29, 1.82) is 0 Å². The summed E-state index contributed by atoms with van der Waals surface area (Å²) in [6.45, 7) is 3.57. The van der Waals surface area contributed by atoms with Crippen LogP contribution in [0.25, 0.3) is 0 Å². The minimum absolute atomic E-state index is 0.172. The van der Waals surface area contributed by atoms with E-state index < -0.39 is 0 Å². The standard InChI is InChI=1S/C7H13N7/c8-5-11-6(9)13-7(12-5)14-3-1-10-2-4-14/h10H,1-4H2,(H4,8,9,11,12,13). The summed E-state index contributed by atoms with van der Waals surface area (Å²) in [6.07, 6.45) is 0. The first kappa shape index (κ1) is 8.95. The molecule has 0 spiro atoms. The van der Waals surface area contributed by atoms with Gasteiger partial charge in [-0.05, 0) is 0 Å². The van der Waals surface area contributed by atoms with Gasteiger partial charge in [0.2, 0.25) is 17.8 Å². The zero-order valence-electron chi connectivity index (χ0n) is 7.77. The van der Waals surface area contributed by atoms with Crippen molar-refractivity contribution in [2.75, 3.05) is 42.5 Å². The zero-order chi connectivity index (χ0) is 9.97. The molecule has 1 aromatic heterocycles. The largest absolute Gasteiger partial charge is 0.368 e. The summed E-state index contributed by atoms with van der Waals surface area (Å²) in [5, 5.41) is 3.24. The van der Waals surface area contributed by atoms with Gasteiger partial charge in [0.15, 0.2) is 0 Å². The molecule has 0 aromatic carbocycles. The van der Waals surface area contributed by atoms with Crippen LogP contribution in [0.4, 0.5) is 17.8 Å². The fraction of sp³-hybridized carbons (Fsp3) is 0.571. The van der Waals surface area contributed by atoms with Crippen LogP contribution in [-0.2, 0) is 0 Å². The van der Waals surface area contributed by atoms with Crippen LogP contribution in [0.2, 0.25) is 0 Å². The van der Waals surface area contributed by atoms with Gasteiger partial charge in [-0.1, -0.05) is 0 Å². The van der Waals surface area contributed by atoms with Gasteiger partial charge >= 0.3 is 0 Å². The Hall–Kier alpha value is -1.63. The van der Waals surface area contributed by atoms with Gasteiger partial charge in [0.1, 0.15) is 0 Å². The van der Waals surface area contributed by atoms with Gasteiger partial charge < -0.3 is 21.7 Å². The molecule has 2 heterocycles. The third-order valence-electron chi connectivity index (χ3n) is 2.06. The Balaban J connectivity index is 2.21. The van der Waals surface area contributed by atoms with Crippen molar-refractivity contribution < 1.29 is 0 Å². The van der Waals surface area contributed by atoms with Crippen molar-refractivity contribution >= 4 is 17.8 Å². The molecule has 1 fully saturated rings. The monoisotopic (exact) mass is 195 g/mol. The molecule has 0 radical (unpaired) electrons. The van der Waals surface area contributed by atoms with Gasteiger partial charge in [-0.3, -0.25) is 0 Å². The van der Waals surface area contributed by atoms with E-state index in [0.717, 1.165) is 26.2 Å². The van der Waals surface area contributed by atoms with Crippen LogP contribution in [0.1, 0.15) is 0 Å². The third-order valence-corrected chi connectivity index (χ3v) is 2.06. The van der Waals surface area contributed by atoms with Gasteiger partial charge in [0, 0.05) is 26.2 Å². The topological polar surface area (TPSA) is 106 Å². The molecule has 1 aliphatic heterocycles. The highest BCUT2D eigenvalue weighted by Gasteiger charge is 2.14. The lowest BCUT2D eigenvalue weighted by Crippen LogP contribution is -2.44. The normalized spacial score (nSPS) is 17.0. The van der Waals surface area contributed by atoms with Crippen LogP contribution in [0.5, 0.6) is 0 Å². The predicted octanol–water partition coefficient (Wildman–Crippen LogP) is -1.55. The summed E-state index contributed by atoms with van der Waals surface area (Å²) < 4.78 is 0. The molecule has 76 valence electrons. The van der Waals surface area contributed by atoms with Crippen molar-refractivity contribution in [3.05, 3.63) is 0 Å². The van der Waals surface area contributed by atoms with Crippen LogP contribution in [0.3, 0.4) is 0 Å². The summed E-state index contributed by atoms with van der Waals surface area (Å²) in [5.41, 5.74) is 11.0. The number of aromatic nitrogens is 3. The number of anilines is 3. The molecule has 1 aromatic rings.